The summed E-state index contributed by atoms with van der Waals surface area (Å²) in [6, 6.07) is 16.9. The van der Waals surface area contributed by atoms with Gasteiger partial charge in [-0.2, -0.15) is 17.5 Å². The van der Waals surface area contributed by atoms with Crippen molar-refractivity contribution in [3.8, 4) is 11.3 Å². The van der Waals surface area contributed by atoms with Crippen LogP contribution in [0.4, 0.5) is 23.4 Å². The molecule has 1 amide bonds. The number of nitrogens with one attached hydrogen (secondary N) is 2. The smallest absolute Gasteiger partial charge is 0.364 e. The highest BCUT2D eigenvalue weighted by Gasteiger charge is 2.39. The zero-order valence-corrected chi connectivity index (χ0v) is 23.5. The number of hydrogen-bond acceptors (Lipinski definition) is 6. The maximum atomic E-state index is 13.4. The Bertz CT molecular complexity index is 1680. The first kappa shape index (κ1) is 30.1. The number of halogens is 4. The molecule has 8 nitrogen and oxygen atoms in total. The Hall–Kier alpha value is -4.36. The molecule has 2 aromatic carbocycles. The number of benzene rings is 2. The quantitative estimate of drug-likeness (QED) is 0.246. The fraction of sp³-hybridized carbons (Fsp3) is 0.233. The topological polar surface area (TPSA) is 104 Å². The van der Waals surface area contributed by atoms with E-state index in [0.29, 0.717) is 42.0 Å². The van der Waals surface area contributed by atoms with Crippen molar-refractivity contribution in [2.75, 3.05) is 11.9 Å². The number of nitrogens with zero attached hydrogens (tertiary/aromatic N) is 3. The summed E-state index contributed by atoms with van der Waals surface area (Å²) in [5.74, 6) is -0.663. The number of carbonyl (C=O) groups excluding carboxylic acids is 1. The lowest BCUT2D eigenvalue weighted by Crippen LogP contribution is -2.45. The van der Waals surface area contributed by atoms with Gasteiger partial charge in [-0.05, 0) is 79.1 Å². The Labute approximate surface area is 245 Å². The molecule has 0 spiro atoms. The van der Waals surface area contributed by atoms with Crippen LogP contribution < -0.4 is 10.6 Å². The lowest BCUT2D eigenvalue weighted by molar-refractivity contribution is -0.137. The van der Waals surface area contributed by atoms with Crippen molar-refractivity contribution in [2.45, 2.75) is 43.0 Å². The Morgan fingerprint density at radius 3 is 2.40 bits per heavy atom. The standard InChI is InChI=1S/C30H27F4N5O3S/c31-23-10-12-25(13-11-23)43(41,42)39-15-3-5-27(39)29(40)37-18-20-16-26(21-6-8-22(9-7-21)30(32,33)34)38-28(17-20)36-19-24-4-1-2-14-35-24/h1-2,4,6-14,16-17,27H,3,5,15,18-19H2,(H,36,38)(H,37,40). The molecule has 2 N–H and O–H groups in total. The maximum absolute atomic E-state index is 13.4. The summed E-state index contributed by atoms with van der Waals surface area (Å²) in [5, 5.41) is 5.95. The number of amides is 1. The van der Waals surface area contributed by atoms with Crippen LogP contribution in [0.5, 0.6) is 0 Å². The molecule has 1 aliphatic rings. The maximum Gasteiger partial charge on any atom is 0.416 e. The highest BCUT2D eigenvalue weighted by Crippen LogP contribution is 2.31. The summed E-state index contributed by atoms with van der Waals surface area (Å²) in [6.07, 6.45) is -2.04. The first-order valence-corrected chi connectivity index (χ1v) is 14.8. The third-order valence-corrected chi connectivity index (χ3v) is 8.89. The molecule has 0 bridgehead atoms. The van der Waals surface area contributed by atoms with Gasteiger partial charge in [0.05, 0.1) is 28.4 Å². The first-order chi connectivity index (χ1) is 20.5. The van der Waals surface area contributed by atoms with Crippen molar-refractivity contribution < 1.29 is 30.8 Å². The average Bonchev–Trinajstić information content (AvgIpc) is 3.51. The van der Waals surface area contributed by atoms with Crippen LogP contribution in [0.25, 0.3) is 11.3 Å². The minimum atomic E-state index is -4.48. The van der Waals surface area contributed by atoms with Gasteiger partial charge < -0.3 is 10.6 Å². The zero-order valence-electron chi connectivity index (χ0n) is 22.7. The molecule has 1 saturated heterocycles. The fourth-order valence-corrected chi connectivity index (χ4v) is 6.44. The number of sulfonamides is 1. The van der Waals surface area contributed by atoms with Crippen LogP contribution in [0.3, 0.4) is 0 Å². The SMILES string of the molecule is O=C(NCc1cc(NCc2ccccn2)nc(-c2ccc(C(F)(F)F)cc2)c1)C1CCCN1S(=O)(=O)c1ccc(F)cc1. The molecule has 13 heteroatoms. The van der Waals surface area contributed by atoms with Crippen LogP contribution in [-0.2, 0) is 34.1 Å². The summed E-state index contributed by atoms with van der Waals surface area (Å²) >= 11 is 0. The average molecular weight is 614 g/mol. The van der Waals surface area contributed by atoms with E-state index in [0.717, 1.165) is 46.4 Å². The summed E-state index contributed by atoms with van der Waals surface area (Å²) in [4.78, 5) is 21.9. The second-order valence-corrected chi connectivity index (χ2v) is 11.8. The van der Waals surface area contributed by atoms with Crippen LogP contribution in [0.15, 0.2) is 90.0 Å². The molecule has 0 radical (unpaired) electrons. The molecule has 1 atom stereocenters. The van der Waals surface area contributed by atoms with Crippen LogP contribution in [0.2, 0.25) is 0 Å². The fourth-order valence-electron chi connectivity index (χ4n) is 4.78. The summed E-state index contributed by atoms with van der Waals surface area (Å²) in [6.45, 7) is 0.481. The van der Waals surface area contributed by atoms with Crippen molar-refractivity contribution >= 4 is 21.7 Å². The number of rotatable bonds is 9. The predicted molar refractivity (Wildman–Crippen MR) is 151 cm³/mol. The number of anilines is 1. The van der Waals surface area contributed by atoms with E-state index in [2.05, 4.69) is 20.6 Å². The summed E-state index contributed by atoms with van der Waals surface area (Å²) in [7, 11) is -4.03. The Kier molecular flexibility index (Phi) is 8.74. The van der Waals surface area contributed by atoms with Gasteiger partial charge in [0.15, 0.2) is 0 Å². The van der Waals surface area contributed by atoms with E-state index in [1.807, 2.05) is 12.1 Å². The van der Waals surface area contributed by atoms with Gasteiger partial charge >= 0.3 is 6.18 Å². The van der Waals surface area contributed by atoms with E-state index in [4.69, 9.17) is 0 Å². The van der Waals surface area contributed by atoms with Gasteiger partial charge in [-0.25, -0.2) is 17.8 Å². The number of alkyl halides is 3. The van der Waals surface area contributed by atoms with Gasteiger partial charge in [-0.1, -0.05) is 18.2 Å². The molecule has 43 heavy (non-hydrogen) atoms. The van der Waals surface area contributed by atoms with Crippen molar-refractivity contribution in [3.63, 3.8) is 0 Å². The van der Waals surface area contributed by atoms with Gasteiger partial charge in [-0.15, -0.1) is 0 Å². The molecule has 1 unspecified atom stereocenters. The minimum absolute atomic E-state index is 0.00813. The molecule has 5 rings (SSSR count). The van der Waals surface area contributed by atoms with Crippen molar-refractivity contribution in [1.29, 1.82) is 0 Å². The van der Waals surface area contributed by atoms with Crippen LogP contribution in [0.1, 0.15) is 29.7 Å². The highest BCUT2D eigenvalue weighted by molar-refractivity contribution is 7.89. The second kappa shape index (κ2) is 12.5. The largest absolute Gasteiger partial charge is 0.416 e. The number of carbonyl (C=O) groups is 1. The van der Waals surface area contributed by atoms with Gasteiger partial charge in [0, 0.05) is 24.8 Å². The Morgan fingerprint density at radius 1 is 0.977 bits per heavy atom. The lowest BCUT2D eigenvalue weighted by Gasteiger charge is -2.23. The van der Waals surface area contributed by atoms with Crippen molar-refractivity contribution in [1.82, 2.24) is 19.6 Å². The van der Waals surface area contributed by atoms with E-state index < -0.39 is 39.5 Å². The van der Waals surface area contributed by atoms with Crippen molar-refractivity contribution in [3.05, 3.63) is 108 Å². The van der Waals surface area contributed by atoms with E-state index in [-0.39, 0.29) is 18.0 Å². The third kappa shape index (κ3) is 7.17. The monoisotopic (exact) mass is 613 g/mol. The number of aromatic nitrogens is 2. The third-order valence-electron chi connectivity index (χ3n) is 6.96. The molecule has 1 aliphatic heterocycles. The molecule has 224 valence electrons. The molecule has 2 aromatic heterocycles. The van der Waals surface area contributed by atoms with Gasteiger partial charge in [0.1, 0.15) is 17.7 Å². The molecule has 0 saturated carbocycles. The number of hydrogen-bond donors (Lipinski definition) is 2. The Morgan fingerprint density at radius 2 is 1.72 bits per heavy atom. The van der Waals surface area contributed by atoms with E-state index in [9.17, 15) is 30.8 Å². The highest BCUT2D eigenvalue weighted by atomic mass is 32.2. The summed E-state index contributed by atoms with van der Waals surface area (Å²) in [5.41, 5.74) is 1.36. The van der Waals surface area contributed by atoms with E-state index in [1.165, 1.54) is 12.1 Å². The molecular formula is C30H27F4N5O3S. The first-order valence-electron chi connectivity index (χ1n) is 13.4. The second-order valence-electron chi connectivity index (χ2n) is 9.94. The van der Waals surface area contributed by atoms with Crippen LogP contribution >= 0.6 is 0 Å². The lowest BCUT2D eigenvalue weighted by atomic mass is 10.1. The van der Waals surface area contributed by atoms with Crippen molar-refractivity contribution in [2.24, 2.45) is 0 Å². The minimum Gasteiger partial charge on any atom is -0.364 e. The molecule has 4 aromatic rings. The van der Waals surface area contributed by atoms with Gasteiger partial charge in [-0.3, -0.25) is 9.78 Å². The predicted octanol–water partition coefficient (Wildman–Crippen LogP) is 5.38. The number of pyridine rings is 2. The van der Waals surface area contributed by atoms with Crippen LogP contribution in [0, 0.1) is 5.82 Å². The normalized spacial score (nSPS) is 15.8. The molecule has 0 aliphatic carbocycles. The Balaban J connectivity index is 1.35. The van der Waals surface area contributed by atoms with E-state index >= 15 is 0 Å². The molecular weight excluding hydrogens is 586 g/mol. The van der Waals surface area contributed by atoms with E-state index in [1.54, 1.807) is 24.4 Å². The van der Waals surface area contributed by atoms with Gasteiger partial charge in [0.25, 0.3) is 0 Å². The van der Waals surface area contributed by atoms with Crippen LogP contribution in [-0.4, -0.2) is 41.2 Å². The summed E-state index contributed by atoms with van der Waals surface area (Å²) < 4.78 is 80.2. The molecule has 1 fully saturated rings. The zero-order chi connectivity index (χ0) is 30.6. The van der Waals surface area contributed by atoms with Gasteiger partial charge in [0.2, 0.25) is 15.9 Å². The molecule has 3 heterocycles.